The quantitative estimate of drug-likeness (QED) is 0.364. The van der Waals surface area contributed by atoms with E-state index in [9.17, 15) is 27.6 Å². The number of Topliss-reactive ketones (excluding diaryl/α,β-unsaturated/α-hetero) is 1. The molecule has 3 atom stereocenters. The molecule has 14 nitrogen and oxygen atoms in total. The highest BCUT2D eigenvalue weighted by Gasteiger charge is 2.49. The van der Waals surface area contributed by atoms with E-state index in [1.54, 1.807) is 20.8 Å². The molecule has 2 bridgehead atoms. The molecule has 3 saturated heterocycles. The minimum absolute atomic E-state index is 0.0457. The largest absolute Gasteiger partial charge is 0.444 e. The van der Waals surface area contributed by atoms with Gasteiger partial charge in [0.15, 0.2) is 5.78 Å². The number of hydrogen-bond donors (Lipinski definition) is 2. The standard InChI is InChI=1S/C18H28N4O10S/c1-18(2,3)31-17(26)20-8-4-5-13(20)15(24)19-30-10-14(23)12-7-6-11-9-21(12)16(25)22(11)32-33(27,28)29/h11-13H,4-10H2,1-3H3,(H,19,24)(H,27,28,29)/t11?,12?,13-/m0/s1. The molecule has 3 aliphatic rings. The number of nitrogens with one attached hydrogen (secondary N) is 1. The van der Waals surface area contributed by atoms with Gasteiger partial charge in [0.25, 0.3) is 5.91 Å². The third-order valence-electron chi connectivity index (χ3n) is 5.44. The zero-order valence-corrected chi connectivity index (χ0v) is 19.4. The van der Waals surface area contributed by atoms with Crippen molar-refractivity contribution in [2.24, 2.45) is 0 Å². The van der Waals surface area contributed by atoms with Crippen molar-refractivity contribution in [3.05, 3.63) is 0 Å². The number of piperidine rings is 1. The summed E-state index contributed by atoms with van der Waals surface area (Å²) in [7, 11) is -4.89. The third-order valence-corrected chi connectivity index (χ3v) is 5.79. The summed E-state index contributed by atoms with van der Waals surface area (Å²) >= 11 is 0. The summed E-state index contributed by atoms with van der Waals surface area (Å²) in [4.78, 5) is 57.2. The Kier molecular flexibility index (Phi) is 7.16. The van der Waals surface area contributed by atoms with E-state index in [1.165, 1.54) is 4.90 Å². The van der Waals surface area contributed by atoms with Crippen LogP contribution < -0.4 is 5.48 Å². The number of carbonyl (C=O) groups excluding carboxylic acids is 4. The SMILES string of the molecule is CC(C)(C)OC(=O)N1CCC[C@H]1C(=O)NOCC(=O)C1CCC2CN1C(=O)N2OS(=O)(=O)O. The van der Waals surface area contributed by atoms with Crippen molar-refractivity contribution in [3.63, 3.8) is 0 Å². The van der Waals surface area contributed by atoms with Crippen molar-refractivity contribution >= 4 is 34.2 Å². The molecule has 0 spiro atoms. The lowest BCUT2D eigenvalue weighted by Crippen LogP contribution is -2.49. The number of hydroxylamine groups is 3. The van der Waals surface area contributed by atoms with Crippen molar-refractivity contribution in [2.45, 2.75) is 70.2 Å². The van der Waals surface area contributed by atoms with E-state index in [2.05, 4.69) is 9.76 Å². The highest BCUT2D eigenvalue weighted by atomic mass is 32.3. The van der Waals surface area contributed by atoms with Gasteiger partial charge in [0.05, 0.1) is 12.1 Å². The van der Waals surface area contributed by atoms with Crippen LogP contribution in [0.2, 0.25) is 0 Å². The van der Waals surface area contributed by atoms with Gasteiger partial charge in [-0.25, -0.2) is 15.1 Å². The second-order valence-electron chi connectivity index (χ2n) is 9.06. The van der Waals surface area contributed by atoms with Gasteiger partial charge in [-0.2, -0.15) is 13.5 Å². The maximum absolute atomic E-state index is 12.6. The number of fused-ring (bicyclic) bond motifs is 2. The molecule has 0 aliphatic carbocycles. The van der Waals surface area contributed by atoms with Crippen molar-refractivity contribution in [1.29, 1.82) is 0 Å². The average Bonchev–Trinajstić information content (AvgIpc) is 3.26. The van der Waals surface area contributed by atoms with E-state index in [1.807, 2.05) is 0 Å². The normalized spacial score (nSPS) is 25.4. The van der Waals surface area contributed by atoms with Crippen LogP contribution in [0.25, 0.3) is 0 Å². The third kappa shape index (κ3) is 6.10. The van der Waals surface area contributed by atoms with Crippen LogP contribution in [0, 0.1) is 0 Å². The van der Waals surface area contributed by atoms with Crippen LogP contribution in [-0.4, -0.2) is 95.1 Å². The summed E-state index contributed by atoms with van der Waals surface area (Å²) in [6, 6.07) is -3.18. The van der Waals surface area contributed by atoms with Crippen molar-refractivity contribution in [1.82, 2.24) is 20.3 Å². The van der Waals surface area contributed by atoms with Crippen molar-refractivity contribution < 1.29 is 46.0 Å². The Morgan fingerprint density at radius 3 is 2.48 bits per heavy atom. The molecule has 0 saturated carbocycles. The molecule has 2 unspecified atom stereocenters. The second kappa shape index (κ2) is 9.40. The van der Waals surface area contributed by atoms with Gasteiger partial charge in [-0.15, -0.1) is 4.28 Å². The summed E-state index contributed by atoms with van der Waals surface area (Å²) in [5.74, 6) is -1.11. The van der Waals surface area contributed by atoms with Gasteiger partial charge in [-0.1, -0.05) is 0 Å². The molecule has 33 heavy (non-hydrogen) atoms. The van der Waals surface area contributed by atoms with E-state index in [-0.39, 0.29) is 19.4 Å². The Balaban J connectivity index is 1.50. The molecule has 4 amide bonds. The van der Waals surface area contributed by atoms with Gasteiger partial charge in [-0.05, 0) is 46.5 Å². The molecular weight excluding hydrogens is 464 g/mol. The number of ketones is 1. The zero-order chi connectivity index (χ0) is 24.6. The number of likely N-dealkylation sites (tertiary alicyclic amines) is 1. The van der Waals surface area contributed by atoms with Crippen LogP contribution >= 0.6 is 0 Å². The smallest absolute Gasteiger partial charge is 0.418 e. The first-order valence-electron chi connectivity index (χ1n) is 10.5. The van der Waals surface area contributed by atoms with Crippen LogP contribution in [0.15, 0.2) is 0 Å². The fourth-order valence-electron chi connectivity index (χ4n) is 4.09. The summed E-state index contributed by atoms with van der Waals surface area (Å²) in [5, 5.41) is 0.538. The molecule has 15 heteroatoms. The fourth-order valence-corrected chi connectivity index (χ4v) is 4.48. The number of nitrogens with zero attached hydrogens (tertiary/aromatic N) is 3. The molecular formula is C18H28N4O10S. The summed E-state index contributed by atoms with van der Waals surface area (Å²) < 4.78 is 40.3. The molecule has 0 aromatic heterocycles. The van der Waals surface area contributed by atoms with Gasteiger partial charge in [0.2, 0.25) is 0 Å². The molecule has 0 aromatic rings. The second-order valence-corrected chi connectivity index (χ2v) is 10.1. The summed E-state index contributed by atoms with van der Waals surface area (Å²) in [6.45, 7) is 5.02. The van der Waals surface area contributed by atoms with E-state index >= 15 is 0 Å². The maximum atomic E-state index is 12.6. The van der Waals surface area contributed by atoms with Crippen LogP contribution in [0.3, 0.4) is 0 Å². The Hall–Kier alpha value is -2.49. The predicted molar refractivity (Wildman–Crippen MR) is 108 cm³/mol. The molecule has 186 valence electrons. The van der Waals surface area contributed by atoms with Gasteiger partial charge in [-0.3, -0.25) is 23.9 Å². The number of ether oxygens (including phenoxy) is 1. The Morgan fingerprint density at radius 2 is 1.85 bits per heavy atom. The van der Waals surface area contributed by atoms with Gasteiger partial charge >= 0.3 is 22.5 Å². The number of urea groups is 1. The summed E-state index contributed by atoms with van der Waals surface area (Å²) in [6.07, 6.45) is 0.911. The molecule has 3 fully saturated rings. The van der Waals surface area contributed by atoms with Crippen LogP contribution in [0.5, 0.6) is 0 Å². The van der Waals surface area contributed by atoms with Crippen molar-refractivity contribution in [3.8, 4) is 0 Å². The fraction of sp³-hybridized carbons (Fsp3) is 0.778. The highest BCUT2D eigenvalue weighted by Crippen LogP contribution is 2.31. The number of hydrogen-bond acceptors (Lipinski definition) is 9. The zero-order valence-electron chi connectivity index (χ0n) is 18.6. The molecule has 0 aromatic carbocycles. The topological polar surface area (TPSA) is 172 Å². The molecule has 3 heterocycles. The van der Waals surface area contributed by atoms with Crippen LogP contribution in [0.1, 0.15) is 46.5 Å². The van der Waals surface area contributed by atoms with E-state index in [4.69, 9.17) is 14.1 Å². The first-order valence-corrected chi connectivity index (χ1v) is 11.8. The monoisotopic (exact) mass is 492 g/mol. The lowest BCUT2D eigenvalue weighted by atomic mass is 9.98. The van der Waals surface area contributed by atoms with Crippen LogP contribution in [0.4, 0.5) is 9.59 Å². The highest BCUT2D eigenvalue weighted by molar-refractivity contribution is 7.80. The van der Waals surface area contributed by atoms with Gasteiger partial charge < -0.3 is 9.64 Å². The number of amides is 4. The lowest BCUT2D eigenvalue weighted by molar-refractivity contribution is -0.143. The average molecular weight is 493 g/mol. The first kappa shape index (κ1) is 25.1. The Labute approximate surface area is 190 Å². The minimum Gasteiger partial charge on any atom is -0.444 e. The number of carbonyl (C=O) groups is 4. The van der Waals surface area contributed by atoms with Crippen molar-refractivity contribution in [2.75, 3.05) is 19.7 Å². The Morgan fingerprint density at radius 1 is 1.15 bits per heavy atom. The lowest BCUT2D eigenvalue weighted by Gasteiger charge is -2.29. The molecule has 3 aliphatic heterocycles. The van der Waals surface area contributed by atoms with Gasteiger partial charge in [0.1, 0.15) is 18.2 Å². The Bertz CT molecular complexity index is 918. The van der Waals surface area contributed by atoms with Gasteiger partial charge in [0, 0.05) is 13.1 Å². The predicted octanol–water partition coefficient (Wildman–Crippen LogP) is 0.00580. The number of rotatable bonds is 7. The summed E-state index contributed by atoms with van der Waals surface area (Å²) in [5.41, 5.74) is 1.47. The molecule has 2 N–H and O–H groups in total. The van der Waals surface area contributed by atoms with Crippen LogP contribution in [-0.2, 0) is 33.8 Å². The van der Waals surface area contributed by atoms with E-state index in [0.29, 0.717) is 24.4 Å². The van der Waals surface area contributed by atoms with E-state index < -0.39 is 64.5 Å². The van der Waals surface area contributed by atoms with E-state index in [0.717, 1.165) is 4.90 Å². The molecule has 3 rings (SSSR count). The first-order chi connectivity index (χ1) is 15.3. The maximum Gasteiger partial charge on any atom is 0.418 e. The molecule has 0 radical (unpaired) electrons. The minimum atomic E-state index is -4.89.